The van der Waals surface area contributed by atoms with Crippen LogP contribution < -0.4 is 5.32 Å². The molecule has 0 bridgehead atoms. The quantitative estimate of drug-likeness (QED) is 0.469. The van der Waals surface area contributed by atoms with Crippen molar-refractivity contribution in [1.29, 1.82) is 0 Å². The van der Waals surface area contributed by atoms with E-state index in [1.165, 1.54) is 0 Å². The van der Waals surface area contributed by atoms with Crippen LogP contribution in [-0.4, -0.2) is 40.7 Å². The smallest absolute Gasteiger partial charge is 0.407 e. The fraction of sp³-hybridized carbons (Fsp3) is 0.208. The number of hydrogen-bond donors (Lipinski definition) is 4. The minimum atomic E-state index is -1.75. The van der Waals surface area contributed by atoms with Crippen LogP contribution in [0.25, 0.3) is 11.1 Å². The number of hydrogen-bond acceptors (Lipinski definition) is 5. The van der Waals surface area contributed by atoms with Crippen molar-refractivity contribution in [2.24, 2.45) is 0 Å². The van der Waals surface area contributed by atoms with Gasteiger partial charge in [-0.05, 0) is 28.3 Å². The van der Waals surface area contributed by atoms with Crippen molar-refractivity contribution < 1.29 is 33.6 Å². The maximum absolute atomic E-state index is 13.4. The number of amides is 1. The molecule has 2 unspecified atom stereocenters. The van der Waals surface area contributed by atoms with Gasteiger partial charge in [0.05, 0.1) is 0 Å². The summed E-state index contributed by atoms with van der Waals surface area (Å²) in [7, 11) is 0. The second-order valence-electron chi connectivity index (χ2n) is 7.54. The zero-order valence-corrected chi connectivity index (χ0v) is 16.8. The second kappa shape index (κ2) is 8.94. The number of halogens is 2. The molecule has 166 valence electrons. The maximum atomic E-state index is 13.4. The third kappa shape index (κ3) is 4.15. The number of phenolic OH excluding ortho intramolecular Hbond substituents is 1. The van der Waals surface area contributed by atoms with Crippen molar-refractivity contribution in [3.63, 3.8) is 0 Å². The molecule has 0 saturated heterocycles. The number of carbonyl (C=O) groups excluding carboxylic acids is 1. The van der Waals surface area contributed by atoms with Crippen LogP contribution >= 0.6 is 0 Å². The Labute approximate surface area is 182 Å². The van der Waals surface area contributed by atoms with E-state index >= 15 is 0 Å². The molecular formula is C24H21F2NO5. The zero-order chi connectivity index (χ0) is 22.8. The van der Waals surface area contributed by atoms with Gasteiger partial charge in [0.25, 0.3) is 0 Å². The van der Waals surface area contributed by atoms with Crippen LogP contribution in [0, 0.1) is 11.6 Å². The topological polar surface area (TPSA) is 99.0 Å². The third-order valence-electron chi connectivity index (χ3n) is 5.55. The predicted molar refractivity (Wildman–Crippen MR) is 112 cm³/mol. The number of ether oxygens (including phenoxy) is 1. The van der Waals surface area contributed by atoms with E-state index in [-0.39, 0.29) is 12.5 Å². The molecule has 8 heteroatoms. The molecule has 3 aromatic carbocycles. The van der Waals surface area contributed by atoms with Crippen molar-refractivity contribution in [2.75, 3.05) is 13.2 Å². The summed E-state index contributed by atoms with van der Waals surface area (Å²) in [5.74, 6) is -3.42. The molecule has 0 heterocycles. The summed E-state index contributed by atoms with van der Waals surface area (Å²) in [5, 5.41) is 32.2. The molecule has 2 atom stereocenters. The summed E-state index contributed by atoms with van der Waals surface area (Å²) in [4.78, 5) is 12.2. The van der Waals surface area contributed by atoms with E-state index in [1.807, 2.05) is 48.5 Å². The van der Waals surface area contributed by atoms with E-state index < -0.39 is 47.8 Å². The van der Waals surface area contributed by atoms with Gasteiger partial charge in [0.15, 0.2) is 11.6 Å². The lowest BCUT2D eigenvalue weighted by Gasteiger charge is -2.20. The van der Waals surface area contributed by atoms with Crippen LogP contribution in [0.5, 0.6) is 5.75 Å². The van der Waals surface area contributed by atoms with E-state index in [0.29, 0.717) is 12.1 Å². The monoisotopic (exact) mass is 441 g/mol. The molecule has 0 radical (unpaired) electrons. The maximum Gasteiger partial charge on any atom is 0.407 e. The van der Waals surface area contributed by atoms with Crippen molar-refractivity contribution in [3.8, 4) is 16.9 Å². The van der Waals surface area contributed by atoms with E-state index in [1.54, 1.807) is 0 Å². The van der Waals surface area contributed by atoms with Gasteiger partial charge in [-0.1, -0.05) is 48.5 Å². The summed E-state index contributed by atoms with van der Waals surface area (Å²) in [5.41, 5.74) is 3.87. The highest BCUT2D eigenvalue weighted by Crippen LogP contribution is 2.44. The van der Waals surface area contributed by atoms with Gasteiger partial charge >= 0.3 is 6.09 Å². The summed E-state index contributed by atoms with van der Waals surface area (Å²) in [6, 6.07) is 16.8. The fourth-order valence-electron chi connectivity index (χ4n) is 3.94. The standard InChI is InChI=1S/C24H21F2NO5/c25-19-9-17(21(28)10-20(19)26)23(30)22(29)11-27-24(31)32-12-18-15-7-3-1-5-13(15)14-6-2-4-8-16(14)18/h1-10,18,22-23,28-30H,11-12H2,(H,27,31). The number of aliphatic hydroxyl groups excluding tert-OH is 2. The number of carbonyl (C=O) groups is 1. The highest BCUT2D eigenvalue weighted by atomic mass is 19.2. The number of rotatable bonds is 6. The van der Waals surface area contributed by atoms with Gasteiger partial charge in [-0.2, -0.15) is 0 Å². The van der Waals surface area contributed by atoms with E-state index in [2.05, 4.69) is 5.32 Å². The summed E-state index contributed by atoms with van der Waals surface area (Å²) in [6.45, 7) is -0.362. The van der Waals surface area contributed by atoms with Gasteiger partial charge in [0.2, 0.25) is 0 Å². The van der Waals surface area contributed by atoms with Crippen LogP contribution in [0.1, 0.15) is 28.7 Å². The Balaban J connectivity index is 1.35. The van der Waals surface area contributed by atoms with Gasteiger partial charge in [0.1, 0.15) is 24.6 Å². The molecular weight excluding hydrogens is 420 g/mol. The Hall–Kier alpha value is -3.49. The van der Waals surface area contributed by atoms with Crippen LogP contribution in [0.4, 0.5) is 13.6 Å². The number of aromatic hydroxyl groups is 1. The molecule has 1 aliphatic rings. The molecule has 6 nitrogen and oxygen atoms in total. The number of benzene rings is 3. The first-order chi connectivity index (χ1) is 15.4. The average molecular weight is 441 g/mol. The normalized spacial score (nSPS) is 14.4. The van der Waals surface area contributed by atoms with Gasteiger partial charge in [0, 0.05) is 24.1 Å². The summed E-state index contributed by atoms with van der Waals surface area (Å²) >= 11 is 0. The molecule has 0 spiro atoms. The molecule has 32 heavy (non-hydrogen) atoms. The van der Waals surface area contributed by atoms with Crippen molar-refractivity contribution in [2.45, 2.75) is 18.1 Å². The summed E-state index contributed by atoms with van der Waals surface area (Å²) in [6.07, 6.45) is -4.15. The Morgan fingerprint density at radius 3 is 2.16 bits per heavy atom. The lowest BCUT2D eigenvalue weighted by atomic mass is 9.98. The number of alkyl carbamates (subject to hydrolysis) is 1. The van der Waals surface area contributed by atoms with Crippen LogP contribution in [0.3, 0.4) is 0 Å². The molecule has 4 N–H and O–H groups in total. The highest BCUT2D eigenvalue weighted by molar-refractivity contribution is 5.79. The number of aliphatic hydroxyl groups is 2. The predicted octanol–water partition coefficient (Wildman–Crippen LogP) is 3.60. The highest BCUT2D eigenvalue weighted by Gasteiger charge is 2.29. The van der Waals surface area contributed by atoms with Gasteiger partial charge in [-0.15, -0.1) is 0 Å². The second-order valence-corrected chi connectivity index (χ2v) is 7.54. The van der Waals surface area contributed by atoms with Crippen LogP contribution in [-0.2, 0) is 4.74 Å². The first-order valence-corrected chi connectivity index (χ1v) is 9.99. The number of fused-ring (bicyclic) bond motifs is 3. The minimum absolute atomic E-state index is 0.0719. The van der Waals surface area contributed by atoms with Gasteiger partial charge in [-0.25, -0.2) is 13.6 Å². The number of phenols is 1. The van der Waals surface area contributed by atoms with Crippen LogP contribution in [0.15, 0.2) is 60.7 Å². The SMILES string of the molecule is O=C(NCC(O)C(O)c1cc(F)c(F)cc1O)OCC1c2ccccc2-c2ccccc21. The summed E-state index contributed by atoms with van der Waals surface area (Å²) < 4.78 is 31.8. The third-order valence-corrected chi connectivity index (χ3v) is 5.55. The van der Waals surface area contributed by atoms with E-state index in [0.717, 1.165) is 22.3 Å². The van der Waals surface area contributed by atoms with Gasteiger partial charge < -0.3 is 25.4 Å². The van der Waals surface area contributed by atoms with Crippen LogP contribution in [0.2, 0.25) is 0 Å². The molecule has 1 aliphatic carbocycles. The van der Waals surface area contributed by atoms with Gasteiger partial charge in [-0.3, -0.25) is 0 Å². The Kier molecular flexibility index (Phi) is 6.07. The van der Waals surface area contributed by atoms with E-state index in [4.69, 9.17) is 4.74 Å². The molecule has 0 saturated carbocycles. The Morgan fingerprint density at radius 1 is 0.969 bits per heavy atom. The van der Waals surface area contributed by atoms with Crippen molar-refractivity contribution in [3.05, 3.63) is 89.0 Å². The Bertz CT molecular complexity index is 1110. The zero-order valence-electron chi connectivity index (χ0n) is 16.8. The molecule has 1 amide bonds. The van der Waals surface area contributed by atoms with Crippen molar-refractivity contribution >= 4 is 6.09 Å². The number of nitrogens with one attached hydrogen (secondary N) is 1. The van der Waals surface area contributed by atoms with E-state index in [9.17, 15) is 28.9 Å². The molecule has 0 fully saturated rings. The first-order valence-electron chi connectivity index (χ1n) is 9.99. The average Bonchev–Trinajstić information content (AvgIpc) is 3.11. The fourth-order valence-corrected chi connectivity index (χ4v) is 3.94. The molecule has 0 aliphatic heterocycles. The first kappa shape index (κ1) is 21.7. The molecule has 4 rings (SSSR count). The lowest BCUT2D eigenvalue weighted by Crippen LogP contribution is -2.36. The molecule has 0 aromatic heterocycles. The lowest BCUT2D eigenvalue weighted by molar-refractivity contribution is 0.0170. The molecule has 3 aromatic rings. The largest absolute Gasteiger partial charge is 0.507 e. The Morgan fingerprint density at radius 2 is 1.53 bits per heavy atom. The minimum Gasteiger partial charge on any atom is -0.507 e. The van der Waals surface area contributed by atoms with Crippen molar-refractivity contribution in [1.82, 2.24) is 5.32 Å².